The summed E-state index contributed by atoms with van der Waals surface area (Å²) in [6.07, 6.45) is 5.80. The fourth-order valence-corrected chi connectivity index (χ4v) is 3.38. The average Bonchev–Trinajstić information content (AvgIpc) is 3.13. The summed E-state index contributed by atoms with van der Waals surface area (Å²) < 4.78 is 4.91. The van der Waals surface area contributed by atoms with Crippen LogP contribution in [-0.2, 0) is 11.3 Å². The molecule has 0 spiro atoms. The van der Waals surface area contributed by atoms with Crippen LogP contribution in [0.3, 0.4) is 0 Å². The molecular formula is C19H32N6O2. The Kier molecular flexibility index (Phi) is 7.50. The van der Waals surface area contributed by atoms with Gasteiger partial charge in [0.25, 0.3) is 0 Å². The van der Waals surface area contributed by atoms with Crippen LogP contribution in [0.25, 0.3) is 0 Å². The number of nitrogens with zero attached hydrogens (tertiary/aromatic N) is 4. The minimum atomic E-state index is 0.223. The molecule has 1 amide bonds. The number of carbonyl (C=O) groups is 1. The molecule has 0 atom stereocenters. The fraction of sp³-hybridized carbons (Fsp3) is 0.737. The van der Waals surface area contributed by atoms with Crippen LogP contribution < -0.4 is 10.6 Å². The van der Waals surface area contributed by atoms with Crippen LogP contribution in [0.5, 0.6) is 0 Å². The van der Waals surface area contributed by atoms with Gasteiger partial charge in [-0.2, -0.15) is 0 Å². The number of hydrogen-bond acceptors (Lipinski definition) is 5. The van der Waals surface area contributed by atoms with Crippen LogP contribution in [0.2, 0.25) is 0 Å². The predicted octanol–water partition coefficient (Wildman–Crippen LogP) is 1.06. The summed E-state index contributed by atoms with van der Waals surface area (Å²) in [7, 11) is 0. The second-order valence-electron chi connectivity index (χ2n) is 7.26. The SMILES string of the molecule is CCNC(=NCCCNC(=O)C1CCC1)N1CCN(Cc2ccon2)CC1. The van der Waals surface area contributed by atoms with Crippen molar-refractivity contribution in [3.63, 3.8) is 0 Å². The van der Waals surface area contributed by atoms with Gasteiger partial charge in [0.15, 0.2) is 5.96 Å². The van der Waals surface area contributed by atoms with Gasteiger partial charge in [0.1, 0.15) is 6.26 Å². The monoisotopic (exact) mass is 376 g/mol. The first-order valence-electron chi connectivity index (χ1n) is 10.2. The Morgan fingerprint density at radius 2 is 2.11 bits per heavy atom. The topological polar surface area (TPSA) is 86.0 Å². The maximum Gasteiger partial charge on any atom is 0.223 e. The molecule has 2 fully saturated rings. The summed E-state index contributed by atoms with van der Waals surface area (Å²) in [4.78, 5) is 21.3. The van der Waals surface area contributed by atoms with E-state index in [2.05, 4.69) is 32.5 Å². The average molecular weight is 377 g/mol. The molecule has 8 nitrogen and oxygen atoms in total. The highest BCUT2D eigenvalue weighted by molar-refractivity contribution is 5.80. The lowest BCUT2D eigenvalue weighted by molar-refractivity contribution is -0.127. The highest BCUT2D eigenvalue weighted by Gasteiger charge is 2.24. The van der Waals surface area contributed by atoms with Crippen molar-refractivity contribution >= 4 is 11.9 Å². The second kappa shape index (κ2) is 10.3. The molecule has 8 heteroatoms. The number of carbonyl (C=O) groups excluding carboxylic acids is 1. The van der Waals surface area contributed by atoms with E-state index in [0.717, 1.165) is 76.7 Å². The molecule has 1 aromatic rings. The van der Waals surface area contributed by atoms with Gasteiger partial charge in [-0.15, -0.1) is 0 Å². The first kappa shape index (κ1) is 19.7. The molecule has 0 bridgehead atoms. The van der Waals surface area contributed by atoms with Crippen molar-refractivity contribution in [1.29, 1.82) is 0 Å². The Bertz CT molecular complexity index is 591. The Hall–Kier alpha value is -2.09. The zero-order valence-electron chi connectivity index (χ0n) is 16.3. The Balaban J connectivity index is 1.37. The summed E-state index contributed by atoms with van der Waals surface area (Å²) in [6.45, 7) is 9.08. The number of guanidine groups is 1. The van der Waals surface area contributed by atoms with Gasteiger partial charge in [-0.25, -0.2) is 0 Å². The van der Waals surface area contributed by atoms with Gasteiger partial charge >= 0.3 is 0 Å². The maximum atomic E-state index is 11.8. The second-order valence-corrected chi connectivity index (χ2v) is 7.26. The molecule has 150 valence electrons. The Morgan fingerprint density at radius 3 is 2.74 bits per heavy atom. The van der Waals surface area contributed by atoms with E-state index in [1.807, 2.05) is 6.07 Å². The zero-order chi connectivity index (χ0) is 18.9. The van der Waals surface area contributed by atoms with Gasteiger partial charge in [0, 0.05) is 64.3 Å². The minimum absolute atomic E-state index is 0.223. The third-order valence-corrected chi connectivity index (χ3v) is 5.26. The number of nitrogens with one attached hydrogen (secondary N) is 2. The van der Waals surface area contributed by atoms with Crippen molar-refractivity contribution in [2.75, 3.05) is 45.8 Å². The van der Waals surface area contributed by atoms with E-state index in [-0.39, 0.29) is 11.8 Å². The lowest BCUT2D eigenvalue weighted by Gasteiger charge is -2.36. The molecule has 1 saturated carbocycles. The summed E-state index contributed by atoms with van der Waals surface area (Å²) >= 11 is 0. The first-order valence-corrected chi connectivity index (χ1v) is 10.2. The van der Waals surface area contributed by atoms with Gasteiger partial charge < -0.3 is 20.1 Å². The molecule has 1 aromatic heterocycles. The third kappa shape index (κ3) is 5.95. The molecule has 2 aliphatic rings. The van der Waals surface area contributed by atoms with Gasteiger partial charge in [-0.05, 0) is 26.2 Å². The van der Waals surface area contributed by atoms with Crippen molar-refractivity contribution in [3.05, 3.63) is 18.0 Å². The molecule has 0 radical (unpaired) electrons. The molecule has 1 aliphatic carbocycles. The maximum absolute atomic E-state index is 11.8. The van der Waals surface area contributed by atoms with Crippen molar-refractivity contribution < 1.29 is 9.32 Å². The molecule has 0 aromatic carbocycles. The van der Waals surface area contributed by atoms with Crippen LogP contribution in [0.15, 0.2) is 21.8 Å². The highest BCUT2D eigenvalue weighted by Crippen LogP contribution is 2.26. The lowest BCUT2D eigenvalue weighted by Crippen LogP contribution is -2.52. The standard InChI is InChI=1S/C19H32N6O2/c1-2-20-19(22-9-4-8-21-18(26)16-5-3-6-16)25-12-10-24(11-13-25)15-17-7-14-27-23-17/h7,14,16H,2-6,8-13,15H2,1H3,(H,20,22)(H,21,26). The largest absolute Gasteiger partial charge is 0.364 e. The summed E-state index contributed by atoms with van der Waals surface area (Å²) in [6, 6.07) is 1.92. The zero-order valence-corrected chi connectivity index (χ0v) is 16.3. The van der Waals surface area contributed by atoms with E-state index in [9.17, 15) is 4.79 Å². The van der Waals surface area contributed by atoms with E-state index < -0.39 is 0 Å². The number of aromatic nitrogens is 1. The number of rotatable bonds is 8. The number of piperazine rings is 1. The van der Waals surface area contributed by atoms with Crippen molar-refractivity contribution in [2.24, 2.45) is 10.9 Å². The third-order valence-electron chi connectivity index (χ3n) is 5.26. The molecule has 1 aliphatic heterocycles. The van der Waals surface area contributed by atoms with Crippen LogP contribution >= 0.6 is 0 Å². The smallest absolute Gasteiger partial charge is 0.223 e. The van der Waals surface area contributed by atoms with Crippen LogP contribution in [0, 0.1) is 5.92 Å². The van der Waals surface area contributed by atoms with E-state index >= 15 is 0 Å². The van der Waals surface area contributed by atoms with E-state index in [1.54, 1.807) is 6.26 Å². The number of hydrogen-bond donors (Lipinski definition) is 2. The summed E-state index contributed by atoms with van der Waals surface area (Å²) in [5.74, 6) is 1.46. The van der Waals surface area contributed by atoms with Crippen molar-refractivity contribution in [3.8, 4) is 0 Å². The summed E-state index contributed by atoms with van der Waals surface area (Å²) in [5.41, 5.74) is 0.980. The summed E-state index contributed by atoms with van der Waals surface area (Å²) in [5, 5.41) is 10.4. The fourth-order valence-electron chi connectivity index (χ4n) is 3.38. The normalized spacial score (nSPS) is 19.0. The van der Waals surface area contributed by atoms with Crippen molar-refractivity contribution in [2.45, 2.75) is 39.2 Å². The first-order chi connectivity index (χ1) is 13.3. The van der Waals surface area contributed by atoms with Crippen LogP contribution in [-0.4, -0.2) is 72.6 Å². The van der Waals surface area contributed by atoms with E-state index in [0.29, 0.717) is 6.54 Å². The van der Waals surface area contributed by atoms with E-state index in [4.69, 9.17) is 9.52 Å². The molecule has 1 saturated heterocycles. The van der Waals surface area contributed by atoms with Gasteiger partial charge in [-0.1, -0.05) is 11.6 Å². The van der Waals surface area contributed by atoms with Crippen LogP contribution in [0.4, 0.5) is 0 Å². The van der Waals surface area contributed by atoms with Gasteiger partial charge in [0.05, 0.1) is 5.69 Å². The Morgan fingerprint density at radius 1 is 1.30 bits per heavy atom. The number of amides is 1. The molecular weight excluding hydrogens is 344 g/mol. The number of aliphatic imine (C=N–C) groups is 1. The van der Waals surface area contributed by atoms with Gasteiger partial charge in [0.2, 0.25) is 5.91 Å². The lowest BCUT2D eigenvalue weighted by atomic mass is 9.85. The predicted molar refractivity (Wildman–Crippen MR) is 104 cm³/mol. The molecule has 0 unspecified atom stereocenters. The quantitative estimate of drug-likeness (QED) is 0.401. The minimum Gasteiger partial charge on any atom is -0.364 e. The van der Waals surface area contributed by atoms with Gasteiger partial charge in [-0.3, -0.25) is 14.7 Å². The molecule has 3 rings (SSSR count). The highest BCUT2D eigenvalue weighted by atomic mass is 16.5. The molecule has 27 heavy (non-hydrogen) atoms. The molecule has 2 N–H and O–H groups in total. The molecule has 2 heterocycles. The Labute approximate surface area is 161 Å². The van der Waals surface area contributed by atoms with E-state index in [1.165, 1.54) is 6.42 Å². The van der Waals surface area contributed by atoms with Crippen molar-refractivity contribution in [1.82, 2.24) is 25.6 Å². The van der Waals surface area contributed by atoms with Crippen LogP contribution in [0.1, 0.15) is 38.3 Å².